The molecule has 0 aliphatic carbocycles. The van der Waals surface area contributed by atoms with Crippen LogP contribution in [0.3, 0.4) is 0 Å². The van der Waals surface area contributed by atoms with E-state index in [4.69, 9.17) is 14.5 Å². The lowest BCUT2D eigenvalue weighted by Gasteiger charge is -2.37. The lowest BCUT2D eigenvalue weighted by molar-refractivity contribution is -0.0816. The van der Waals surface area contributed by atoms with Crippen molar-refractivity contribution < 1.29 is 13.7 Å². The molecule has 0 radical (unpaired) electrons. The number of benzene rings is 1. The number of ether oxygens (including phenoxy) is 2. The van der Waals surface area contributed by atoms with E-state index in [0.717, 1.165) is 49.9 Å². The molecule has 2 saturated heterocycles. The third-order valence-electron chi connectivity index (χ3n) is 4.65. The molecule has 3 unspecified atom stereocenters. The Morgan fingerprint density at radius 1 is 1.27 bits per heavy atom. The van der Waals surface area contributed by atoms with Gasteiger partial charge in [-0.15, -0.1) is 0 Å². The molecule has 26 heavy (non-hydrogen) atoms. The van der Waals surface area contributed by atoms with E-state index >= 15 is 0 Å². The van der Waals surface area contributed by atoms with Gasteiger partial charge in [0, 0.05) is 36.9 Å². The topological polar surface area (TPSA) is 63.2 Å². The number of hydrogen-bond donors (Lipinski definition) is 1. The van der Waals surface area contributed by atoms with Crippen LogP contribution in [0.4, 0.5) is 0 Å². The highest BCUT2D eigenvalue weighted by molar-refractivity contribution is 7.85. The fraction of sp³-hybridized carbons (Fsp3) is 0.632. The summed E-state index contributed by atoms with van der Waals surface area (Å²) in [7, 11) is -1.02. The van der Waals surface area contributed by atoms with Gasteiger partial charge in [0.25, 0.3) is 0 Å². The fourth-order valence-corrected chi connectivity index (χ4v) is 4.29. The first-order valence-electron chi connectivity index (χ1n) is 9.48. The van der Waals surface area contributed by atoms with Crippen LogP contribution < -0.4 is 5.32 Å². The van der Waals surface area contributed by atoms with Gasteiger partial charge in [0.15, 0.2) is 5.96 Å². The Morgan fingerprint density at radius 3 is 2.81 bits per heavy atom. The number of hydrogen-bond acceptors (Lipinski definition) is 4. The van der Waals surface area contributed by atoms with Crippen LogP contribution in [-0.4, -0.2) is 72.4 Å². The Kier molecular flexibility index (Phi) is 7.46. The van der Waals surface area contributed by atoms with Gasteiger partial charge >= 0.3 is 0 Å². The SMILES string of the molecule is CCNC(=NCCS(=O)c1ccccc1)N1CCOC(C2CCCO2)C1. The molecule has 2 aliphatic heterocycles. The average Bonchev–Trinajstić information content (AvgIpc) is 3.23. The van der Waals surface area contributed by atoms with E-state index < -0.39 is 10.8 Å². The number of guanidine groups is 1. The number of morpholine rings is 1. The van der Waals surface area contributed by atoms with Crippen molar-refractivity contribution in [2.75, 3.05) is 45.1 Å². The van der Waals surface area contributed by atoms with Gasteiger partial charge in [-0.2, -0.15) is 0 Å². The van der Waals surface area contributed by atoms with Gasteiger partial charge in [0.2, 0.25) is 0 Å². The molecule has 2 heterocycles. The molecular weight excluding hydrogens is 350 g/mol. The van der Waals surface area contributed by atoms with Crippen molar-refractivity contribution in [2.45, 2.75) is 36.9 Å². The van der Waals surface area contributed by atoms with Crippen molar-refractivity contribution in [3.05, 3.63) is 30.3 Å². The zero-order chi connectivity index (χ0) is 18.2. The Morgan fingerprint density at radius 2 is 2.08 bits per heavy atom. The maximum atomic E-state index is 12.4. The monoisotopic (exact) mass is 379 g/mol. The molecule has 0 bridgehead atoms. The standard InChI is InChI=1S/C19H29N3O3S/c1-2-20-19(21-10-14-26(23)16-7-4-3-5-8-16)22-11-13-25-18(15-22)17-9-6-12-24-17/h3-5,7-8,17-18H,2,6,9-15H2,1H3,(H,20,21). The van der Waals surface area contributed by atoms with Crippen LogP contribution in [0.15, 0.2) is 40.2 Å². The Labute approximate surface area is 158 Å². The van der Waals surface area contributed by atoms with E-state index in [-0.39, 0.29) is 12.2 Å². The van der Waals surface area contributed by atoms with Crippen molar-refractivity contribution >= 4 is 16.8 Å². The molecule has 7 heteroatoms. The van der Waals surface area contributed by atoms with E-state index in [2.05, 4.69) is 17.1 Å². The van der Waals surface area contributed by atoms with E-state index in [1.165, 1.54) is 0 Å². The van der Waals surface area contributed by atoms with E-state index in [0.29, 0.717) is 18.9 Å². The van der Waals surface area contributed by atoms with Crippen molar-refractivity contribution in [1.29, 1.82) is 0 Å². The molecule has 1 N–H and O–H groups in total. The van der Waals surface area contributed by atoms with Gasteiger partial charge in [0.1, 0.15) is 6.10 Å². The summed E-state index contributed by atoms with van der Waals surface area (Å²) < 4.78 is 24.1. The lowest BCUT2D eigenvalue weighted by Crippen LogP contribution is -2.53. The predicted octanol–water partition coefficient (Wildman–Crippen LogP) is 1.64. The highest BCUT2D eigenvalue weighted by atomic mass is 32.2. The predicted molar refractivity (Wildman–Crippen MR) is 104 cm³/mol. The Hall–Kier alpha value is -1.44. The second kappa shape index (κ2) is 10.0. The number of rotatable bonds is 6. The zero-order valence-corrected chi connectivity index (χ0v) is 16.2. The first kappa shape index (κ1) is 19.3. The molecule has 3 rings (SSSR count). The molecule has 0 saturated carbocycles. The quantitative estimate of drug-likeness (QED) is 0.601. The Balaban J connectivity index is 1.56. The van der Waals surface area contributed by atoms with Crippen molar-refractivity contribution in [3.8, 4) is 0 Å². The maximum Gasteiger partial charge on any atom is 0.194 e. The van der Waals surface area contributed by atoms with Gasteiger partial charge in [0.05, 0.1) is 30.1 Å². The summed E-state index contributed by atoms with van der Waals surface area (Å²) in [6.07, 6.45) is 2.49. The van der Waals surface area contributed by atoms with E-state index in [1.54, 1.807) is 0 Å². The summed E-state index contributed by atoms with van der Waals surface area (Å²) in [5, 5.41) is 3.36. The van der Waals surface area contributed by atoms with Crippen LogP contribution >= 0.6 is 0 Å². The maximum absolute atomic E-state index is 12.4. The van der Waals surface area contributed by atoms with Crippen LogP contribution in [0.2, 0.25) is 0 Å². The summed E-state index contributed by atoms with van der Waals surface area (Å²) >= 11 is 0. The van der Waals surface area contributed by atoms with E-state index in [1.807, 2.05) is 30.3 Å². The van der Waals surface area contributed by atoms with Gasteiger partial charge in [-0.1, -0.05) is 18.2 Å². The van der Waals surface area contributed by atoms with Crippen molar-refractivity contribution in [3.63, 3.8) is 0 Å². The van der Waals surface area contributed by atoms with Crippen molar-refractivity contribution in [1.82, 2.24) is 10.2 Å². The molecule has 1 aromatic rings. The largest absolute Gasteiger partial charge is 0.375 e. The molecule has 2 aliphatic rings. The normalized spacial score (nSPS) is 25.3. The molecule has 1 aromatic carbocycles. The number of nitrogens with zero attached hydrogens (tertiary/aromatic N) is 2. The molecule has 0 amide bonds. The number of nitrogens with one attached hydrogen (secondary N) is 1. The summed E-state index contributed by atoms with van der Waals surface area (Å²) in [5.74, 6) is 1.40. The molecule has 144 valence electrons. The third kappa shape index (κ3) is 5.28. The van der Waals surface area contributed by atoms with Crippen LogP contribution in [0.5, 0.6) is 0 Å². The van der Waals surface area contributed by atoms with Gasteiger partial charge in [-0.3, -0.25) is 9.20 Å². The van der Waals surface area contributed by atoms with Gasteiger partial charge in [-0.25, -0.2) is 0 Å². The van der Waals surface area contributed by atoms with Crippen LogP contribution in [-0.2, 0) is 20.3 Å². The smallest absolute Gasteiger partial charge is 0.194 e. The molecule has 3 atom stereocenters. The van der Waals surface area contributed by atoms with Crippen LogP contribution in [0.25, 0.3) is 0 Å². The lowest BCUT2D eigenvalue weighted by atomic mass is 10.1. The third-order valence-corrected chi connectivity index (χ3v) is 6.00. The van der Waals surface area contributed by atoms with Gasteiger partial charge < -0.3 is 19.7 Å². The minimum absolute atomic E-state index is 0.105. The molecule has 6 nitrogen and oxygen atoms in total. The summed E-state index contributed by atoms with van der Waals surface area (Å²) in [4.78, 5) is 7.81. The molecule has 0 aromatic heterocycles. The first-order chi connectivity index (χ1) is 12.8. The second-order valence-electron chi connectivity index (χ2n) is 6.51. The molecule has 2 fully saturated rings. The second-order valence-corrected chi connectivity index (χ2v) is 8.08. The highest BCUT2D eigenvalue weighted by Crippen LogP contribution is 2.21. The van der Waals surface area contributed by atoms with Gasteiger partial charge in [-0.05, 0) is 31.9 Å². The average molecular weight is 380 g/mol. The van der Waals surface area contributed by atoms with Crippen LogP contribution in [0, 0.1) is 0 Å². The zero-order valence-electron chi connectivity index (χ0n) is 15.4. The summed E-state index contributed by atoms with van der Waals surface area (Å²) in [6, 6.07) is 9.57. The highest BCUT2D eigenvalue weighted by Gasteiger charge is 2.32. The van der Waals surface area contributed by atoms with Crippen LogP contribution in [0.1, 0.15) is 19.8 Å². The summed E-state index contributed by atoms with van der Waals surface area (Å²) in [6.45, 7) is 6.54. The minimum Gasteiger partial charge on any atom is -0.375 e. The Bertz CT molecular complexity index is 605. The number of aliphatic imine (C=N–C) groups is 1. The summed E-state index contributed by atoms with van der Waals surface area (Å²) in [5.41, 5.74) is 0. The first-order valence-corrected chi connectivity index (χ1v) is 10.8. The molecular formula is C19H29N3O3S. The fourth-order valence-electron chi connectivity index (χ4n) is 3.34. The molecule has 0 spiro atoms. The van der Waals surface area contributed by atoms with E-state index in [9.17, 15) is 4.21 Å². The minimum atomic E-state index is -1.02. The van der Waals surface area contributed by atoms with Crippen molar-refractivity contribution in [2.24, 2.45) is 4.99 Å².